The van der Waals surface area contributed by atoms with Crippen molar-refractivity contribution in [2.45, 2.75) is 37.3 Å². The summed E-state index contributed by atoms with van der Waals surface area (Å²) in [5.74, 6) is -0.128. The third-order valence-electron chi connectivity index (χ3n) is 4.38. The molecule has 0 saturated carbocycles. The molecule has 3 rings (SSSR count). The van der Waals surface area contributed by atoms with Crippen LogP contribution in [0.25, 0.3) is 0 Å². The molecule has 5 heteroatoms. The molecule has 1 aliphatic heterocycles. The lowest BCUT2D eigenvalue weighted by atomic mass is 9.94. The Bertz CT molecular complexity index is 503. The molecule has 1 atom stereocenters. The quantitative estimate of drug-likeness (QED) is 0.886. The molecule has 0 spiro atoms. The number of halogens is 2. The first-order chi connectivity index (χ1) is 9.59. The van der Waals surface area contributed by atoms with Crippen LogP contribution in [-0.4, -0.2) is 30.5 Å². The van der Waals surface area contributed by atoms with Gasteiger partial charge in [-0.05, 0) is 36.1 Å². The average Bonchev–Trinajstić information content (AvgIpc) is 2.87. The molecule has 1 aromatic carbocycles. The summed E-state index contributed by atoms with van der Waals surface area (Å²) in [6, 6.07) is 3.39. The molecule has 1 unspecified atom stereocenters. The van der Waals surface area contributed by atoms with Crippen LogP contribution in [0.3, 0.4) is 0 Å². The highest BCUT2D eigenvalue weighted by atomic mass is 79.9. The number of benzene rings is 1. The smallest absolute Gasteiger partial charge is 0.126 e. The summed E-state index contributed by atoms with van der Waals surface area (Å²) in [6.45, 7) is 1.75. The van der Waals surface area contributed by atoms with Crippen LogP contribution in [0.2, 0.25) is 0 Å². The normalized spacial score (nSPS) is 24.6. The summed E-state index contributed by atoms with van der Waals surface area (Å²) in [6.07, 6.45) is 2.94. The standard InChI is InChI=1S/C15H19BrFNO2/c16-11-2-3-12(17)10-1-4-13(14(10)11)18-9-15(19)5-7-20-8-6-15/h2-3,13,18-19H,1,4-9H2. The van der Waals surface area contributed by atoms with Gasteiger partial charge in [0.1, 0.15) is 5.82 Å². The van der Waals surface area contributed by atoms with Gasteiger partial charge in [0, 0.05) is 43.1 Å². The van der Waals surface area contributed by atoms with Crippen molar-refractivity contribution in [1.29, 1.82) is 0 Å². The van der Waals surface area contributed by atoms with Crippen LogP contribution >= 0.6 is 15.9 Å². The highest BCUT2D eigenvalue weighted by molar-refractivity contribution is 9.10. The first-order valence-corrected chi connectivity index (χ1v) is 7.89. The number of fused-ring (bicyclic) bond motifs is 1. The summed E-state index contributed by atoms with van der Waals surface area (Å²) < 4.78 is 20.0. The van der Waals surface area contributed by atoms with Gasteiger partial charge in [-0.15, -0.1) is 0 Å². The van der Waals surface area contributed by atoms with E-state index in [-0.39, 0.29) is 11.9 Å². The summed E-state index contributed by atoms with van der Waals surface area (Å²) in [5.41, 5.74) is 1.12. The summed E-state index contributed by atoms with van der Waals surface area (Å²) in [7, 11) is 0. The second-order valence-corrected chi connectivity index (χ2v) is 6.58. The van der Waals surface area contributed by atoms with E-state index in [0.29, 0.717) is 32.6 Å². The molecule has 1 saturated heterocycles. The highest BCUT2D eigenvalue weighted by Gasteiger charge is 2.33. The Kier molecular flexibility index (Phi) is 4.13. The molecule has 0 aromatic heterocycles. The van der Waals surface area contributed by atoms with Crippen molar-refractivity contribution < 1.29 is 14.2 Å². The van der Waals surface area contributed by atoms with E-state index in [1.54, 1.807) is 6.07 Å². The molecule has 3 nitrogen and oxygen atoms in total. The van der Waals surface area contributed by atoms with Crippen LogP contribution in [0.4, 0.5) is 4.39 Å². The van der Waals surface area contributed by atoms with Gasteiger partial charge in [-0.2, -0.15) is 0 Å². The van der Waals surface area contributed by atoms with Gasteiger partial charge in [-0.25, -0.2) is 4.39 Å². The Balaban J connectivity index is 1.71. The molecular formula is C15H19BrFNO2. The Morgan fingerprint density at radius 2 is 2.15 bits per heavy atom. The SMILES string of the molecule is OC1(CNC2CCc3c(F)ccc(Br)c32)CCOCC1. The van der Waals surface area contributed by atoms with E-state index in [2.05, 4.69) is 21.2 Å². The fourth-order valence-corrected chi connectivity index (χ4v) is 3.77. The lowest BCUT2D eigenvalue weighted by molar-refractivity contribution is -0.0628. The number of rotatable bonds is 3. The molecule has 1 heterocycles. The molecule has 20 heavy (non-hydrogen) atoms. The fraction of sp³-hybridized carbons (Fsp3) is 0.600. The van der Waals surface area contributed by atoms with Crippen molar-refractivity contribution in [2.24, 2.45) is 0 Å². The molecule has 2 aliphatic rings. The van der Waals surface area contributed by atoms with Gasteiger partial charge in [-0.3, -0.25) is 0 Å². The van der Waals surface area contributed by atoms with E-state index in [4.69, 9.17) is 4.74 Å². The molecule has 0 radical (unpaired) electrons. The van der Waals surface area contributed by atoms with Gasteiger partial charge >= 0.3 is 0 Å². The van der Waals surface area contributed by atoms with Crippen molar-refractivity contribution >= 4 is 15.9 Å². The maximum atomic E-state index is 13.8. The third-order valence-corrected chi connectivity index (χ3v) is 5.07. The van der Waals surface area contributed by atoms with E-state index in [1.165, 1.54) is 6.07 Å². The summed E-state index contributed by atoms with van der Waals surface area (Å²) >= 11 is 3.51. The fourth-order valence-electron chi connectivity index (χ4n) is 3.12. The third kappa shape index (κ3) is 2.77. The van der Waals surface area contributed by atoms with E-state index in [9.17, 15) is 9.50 Å². The molecule has 0 bridgehead atoms. The van der Waals surface area contributed by atoms with Gasteiger partial charge in [-0.1, -0.05) is 15.9 Å². The molecule has 1 aliphatic carbocycles. The number of hydrogen-bond acceptors (Lipinski definition) is 3. The van der Waals surface area contributed by atoms with Crippen molar-refractivity contribution in [3.05, 3.63) is 33.5 Å². The van der Waals surface area contributed by atoms with E-state index < -0.39 is 5.60 Å². The van der Waals surface area contributed by atoms with E-state index in [0.717, 1.165) is 28.4 Å². The lowest BCUT2D eigenvalue weighted by Crippen LogP contribution is -2.45. The van der Waals surface area contributed by atoms with Gasteiger partial charge in [0.15, 0.2) is 0 Å². The second-order valence-electron chi connectivity index (χ2n) is 5.73. The summed E-state index contributed by atoms with van der Waals surface area (Å²) in [4.78, 5) is 0. The van der Waals surface area contributed by atoms with Gasteiger partial charge < -0.3 is 15.2 Å². The molecule has 1 fully saturated rings. The maximum Gasteiger partial charge on any atom is 0.126 e. The Morgan fingerprint density at radius 3 is 2.90 bits per heavy atom. The zero-order valence-electron chi connectivity index (χ0n) is 11.3. The van der Waals surface area contributed by atoms with Crippen LogP contribution in [0, 0.1) is 5.82 Å². The number of nitrogens with one attached hydrogen (secondary N) is 1. The molecule has 110 valence electrons. The van der Waals surface area contributed by atoms with Crippen molar-refractivity contribution in [1.82, 2.24) is 5.32 Å². The largest absolute Gasteiger partial charge is 0.388 e. The molecule has 0 amide bonds. The molecule has 1 aromatic rings. The Labute approximate surface area is 126 Å². The Morgan fingerprint density at radius 1 is 1.40 bits per heavy atom. The highest BCUT2D eigenvalue weighted by Crippen LogP contribution is 2.38. The van der Waals surface area contributed by atoms with Crippen LogP contribution in [-0.2, 0) is 11.2 Å². The molecular weight excluding hydrogens is 325 g/mol. The summed E-state index contributed by atoms with van der Waals surface area (Å²) in [5, 5.41) is 13.9. The first-order valence-electron chi connectivity index (χ1n) is 7.09. The van der Waals surface area contributed by atoms with Crippen LogP contribution in [0.15, 0.2) is 16.6 Å². The lowest BCUT2D eigenvalue weighted by Gasteiger charge is -2.33. The van der Waals surface area contributed by atoms with Crippen molar-refractivity contribution in [3.63, 3.8) is 0 Å². The van der Waals surface area contributed by atoms with E-state index >= 15 is 0 Å². The second kappa shape index (κ2) is 5.72. The van der Waals surface area contributed by atoms with Crippen molar-refractivity contribution in [3.8, 4) is 0 Å². The Hall–Kier alpha value is -0.490. The monoisotopic (exact) mass is 343 g/mol. The minimum absolute atomic E-state index is 0.113. The van der Waals surface area contributed by atoms with Gasteiger partial charge in [0.2, 0.25) is 0 Å². The van der Waals surface area contributed by atoms with Crippen LogP contribution in [0.5, 0.6) is 0 Å². The van der Waals surface area contributed by atoms with Crippen LogP contribution in [0.1, 0.15) is 36.4 Å². The predicted molar refractivity (Wildman–Crippen MR) is 78.2 cm³/mol. The minimum atomic E-state index is -0.694. The van der Waals surface area contributed by atoms with E-state index in [1.807, 2.05) is 0 Å². The zero-order chi connectivity index (χ0) is 14.2. The van der Waals surface area contributed by atoms with Gasteiger partial charge in [0.05, 0.1) is 5.60 Å². The average molecular weight is 344 g/mol. The number of ether oxygens (including phenoxy) is 1. The predicted octanol–water partition coefficient (Wildman–Crippen LogP) is 2.71. The van der Waals surface area contributed by atoms with Crippen LogP contribution < -0.4 is 5.32 Å². The number of hydrogen-bond donors (Lipinski definition) is 2. The van der Waals surface area contributed by atoms with Crippen molar-refractivity contribution in [2.75, 3.05) is 19.8 Å². The van der Waals surface area contributed by atoms with Gasteiger partial charge in [0.25, 0.3) is 0 Å². The molecule has 2 N–H and O–H groups in total. The minimum Gasteiger partial charge on any atom is -0.388 e. The maximum absolute atomic E-state index is 13.8. The zero-order valence-corrected chi connectivity index (χ0v) is 12.9. The number of aliphatic hydroxyl groups is 1. The first kappa shape index (κ1) is 14.4. The topological polar surface area (TPSA) is 41.5 Å².